The fraction of sp³-hybridized carbons (Fsp3) is 0.533. The van der Waals surface area contributed by atoms with Crippen LogP contribution in [0.3, 0.4) is 0 Å². The second-order valence-corrected chi connectivity index (χ2v) is 5.35. The number of nitrogens with zero attached hydrogens (tertiary/aromatic N) is 1. The van der Waals surface area contributed by atoms with Crippen molar-refractivity contribution in [1.82, 2.24) is 4.90 Å². The topological polar surface area (TPSA) is 46.3 Å². The van der Waals surface area contributed by atoms with Gasteiger partial charge in [0.15, 0.2) is 5.82 Å². The Morgan fingerprint density at radius 2 is 2.10 bits per heavy atom. The van der Waals surface area contributed by atoms with Gasteiger partial charge in [-0.1, -0.05) is 13.3 Å². The first-order chi connectivity index (χ1) is 9.52. The molecule has 1 fully saturated rings. The number of carbonyl (C=O) groups excluding carboxylic acids is 1. The van der Waals surface area contributed by atoms with Crippen LogP contribution in [0.25, 0.3) is 0 Å². The van der Waals surface area contributed by atoms with E-state index in [2.05, 4.69) is 6.92 Å². The first-order valence-electron chi connectivity index (χ1n) is 7.06. The minimum absolute atomic E-state index is 0.266. The molecule has 3 nitrogen and oxygen atoms in total. The highest BCUT2D eigenvalue weighted by Crippen LogP contribution is 2.23. The number of hydrogen-bond acceptors (Lipinski definition) is 2. The molecular weight excluding hydrogens is 262 g/mol. The normalized spacial score (nSPS) is 19.8. The SMILES string of the molecule is CCC1CCCN(C(=O)c2cc(F)cc(N)c2F)CC1. The zero-order valence-electron chi connectivity index (χ0n) is 11.7. The highest BCUT2D eigenvalue weighted by Gasteiger charge is 2.24. The lowest BCUT2D eigenvalue weighted by molar-refractivity contribution is 0.0755. The van der Waals surface area contributed by atoms with E-state index in [4.69, 9.17) is 5.73 Å². The highest BCUT2D eigenvalue weighted by atomic mass is 19.1. The van der Waals surface area contributed by atoms with Crippen molar-refractivity contribution in [2.45, 2.75) is 32.6 Å². The molecule has 0 radical (unpaired) electrons. The molecule has 2 rings (SSSR count). The predicted octanol–water partition coefficient (Wildman–Crippen LogP) is 3.20. The molecular formula is C15H20F2N2O. The lowest BCUT2D eigenvalue weighted by Crippen LogP contribution is -2.32. The molecule has 2 N–H and O–H groups in total. The molecule has 110 valence electrons. The molecule has 0 spiro atoms. The lowest BCUT2D eigenvalue weighted by atomic mass is 9.98. The van der Waals surface area contributed by atoms with E-state index in [0.29, 0.717) is 19.0 Å². The van der Waals surface area contributed by atoms with Gasteiger partial charge in [-0.3, -0.25) is 4.79 Å². The van der Waals surface area contributed by atoms with E-state index < -0.39 is 17.5 Å². The number of rotatable bonds is 2. The monoisotopic (exact) mass is 282 g/mol. The summed E-state index contributed by atoms with van der Waals surface area (Å²) >= 11 is 0. The third kappa shape index (κ3) is 3.08. The van der Waals surface area contributed by atoms with Crippen molar-refractivity contribution >= 4 is 11.6 Å². The molecule has 1 aromatic carbocycles. The van der Waals surface area contributed by atoms with E-state index >= 15 is 0 Å². The maximum atomic E-state index is 13.9. The van der Waals surface area contributed by atoms with Gasteiger partial charge in [-0.05, 0) is 37.3 Å². The van der Waals surface area contributed by atoms with Crippen molar-refractivity contribution in [3.8, 4) is 0 Å². The first kappa shape index (κ1) is 14.8. The van der Waals surface area contributed by atoms with Gasteiger partial charge >= 0.3 is 0 Å². The summed E-state index contributed by atoms with van der Waals surface area (Å²) in [6, 6.07) is 1.82. The lowest BCUT2D eigenvalue weighted by Gasteiger charge is -2.21. The Kier molecular flexibility index (Phi) is 4.57. The van der Waals surface area contributed by atoms with Gasteiger partial charge in [-0.2, -0.15) is 0 Å². The van der Waals surface area contributed by atoms with Crippen LogP contribution in [0.4, 0.5) is 14.5 Å². The molecule has 1 heterocycles. The van der Waals surface area contributed by atoms with Crippen LogP contribution in [-0.2, 0) is 0 Å². The minimum Gasteiger partial charge on any atom is -0.396 e. The van der Waals surface area contributed by atoms with E-state index in [1.165, 1.54) is 0 Å². The quantitative estimate of drug-likeness (QED) is 0.847. The van der Waals surface area contributed by atoms with E-state index in [9.17, 15) is 13.6 Å². The second-order valence-electron chi connectivity index (χ2n) is 5.35. The molecule has 1 aromatic rings. The van der Waals surface area contributed by atoms with Gasteiger partial charge < -0.3 is 10.6 Å². The van der Waals surface area contributed by atoms with E-state index in [0.717, 1.165) is 37.8 Å². The van der Waals surface area contributed by atoms with Crippen LogP contribution in [0.5, 0.6) is 0 Å². The Hall–Kier alpha value is -1.65. The molecule has 1 aliphatic heterocycles. The fourth-order valence-corrected chi connectivity index (χ4v) is 2.71. The molecule has 1 saturated heterocycles. The molecule has 1 atom stereocenters. The smallest absolute Gasteiger partial charge is 0.257 e. The number of halogens is 2. The number of amides is 1. The summed E-state index contributed by atoms with van der Waals surface area (Å²) < 4.78 is 27.2. The van der Waals surface area contributed by atoms with Gasteiger partial charge in [0.2, 0.25) is 0 Å². The Bertz CT molecular complexity index is 505. The Morgan fingerprint density at radius 3 is 2.80 bits per heavy atom. The number of carbonyl (C=O) groups is 1. The summed E-state index contributed by atoms with van der Waals surface area (Å²) in [5.74, 6) is -1.37. The van der Waals surface area contributed by atoms with E-state index in [-0.39, 0.29) is 11.3 Å². The Labute approximate surface area is 117 Å². The molecule has 1 aliphatic rings. The summed E-state index contributed by atoms with van der Waals surface area (Å²) in [7, 11) is 0. The largest absolute Gasteiger partial charge is 0.396 e. The van der Waals surface area contributed by atoms with Gasteiger partial charge in [0.1, 0.15) is 5.82 Å². The number of nitrogens with two attached hydrogens (primary N) is 1. The third-order valence-corrected chi connectivity index (χ3v) is 4.01. The van der Waals surface area contributed by atoms with Crippen molar-refractivity contribution in [2.24, 2.45) is 5.92 Å². The van der Waals surface area contributed by atoms with Crippen LogP contribution in [0.2, 0.25) is 0 Å². The summed E-state index contributed by atoms with van der Waals surface area (Å²) in [5, 5.41) is 0. The van der Waals surface area contributed by atoms with Gasteiger partial charge in [0, 0.05) is 13.1 Å². The number of anilines is 1. The van der Waals surface area contributed by atoms with Crippen LogP contribution in [0.15, 0.2) is 12.1 Å². The summed E-state index contributed by atoms with van der Waals surface area (Å²) in [4.78, 5) is 13.9. The van der Waals surface area contributed by atoms with Gasteiger partial charge in [0.05, 0.1) is 11.3 Å². The standard InChI is InChI=1S/C15H20F2N2O/c1-2-10-4-3-6-19(7-5-10)15(20)12-8-11(16)9-13(18)14(12)17/h8-10H,2-7,18H2,1H3. The van der Waals surface area contributed by atoms with E-state index in [1.807, 2.05) is 0 Å². The molecule has 0 saturated carbocycles. The van der Waals surface area contributed by atoms with Crippen molar-refractivity contribution in [3.05, 3.63) is 29.3 Å². The first-order valence-corrected chi connectivity index (χ1v) is 7.06. The second kappa shape index (κ2) is 6.20. The average Bonchev–Trinajstić information content (AvgIpc) is 2.67. The zero-order valence-corrected chi connectivity index (χ0v) is 11.7. The van der Waals surface area contributed by atoms with Crippen molar-refractivity contribution in [3.63, 3.8) is 0 Å². The van der Waals surface area contributed by atoms with E-state index in [1.54, 1.807) is 4.90 Å². The molecule has 0 aliphatic carbocycles. The molecule has 0 aromatic heterocycles. The van der Waals surface area contributed by atoms with Gasteiger partial charge in [-0.15, -0.1) is 0 Å². The van der Waals surface area contributed by atoms with Crippen LogP contribution < -0.4 is 5.73 Å². The maximum absolute atomic E-state index is 13.9. The van der Waals surface area contributed by atoms with Crippen LogP contribution in [0, 0.1) is 17.6 Å². The molecule has 1 amide bonds. The van der Waals surface area contributed by atoms with Crippen molar-refractivity contribution in [1.29, 1.82) is 0 Å². The number of likely N-dealkylation sites (tertiary alicyclic amines) is 1. The maximum Gasteiger partial charge on any atom is 0.257 e. The predicted molar refractivity (Wildman–Crippen MR) is 74.3 cm³/mol. The molecule has 0 bridgehead atoms. The Morgan fingerprint density at radius 1 is 1.35 bits per heavy atom. The number of nitrogen functional groups attached to an aromatic ring is 1. The van der Waals surface area contributed by atoms with Gasteiger partial charge in [0.25, 0.3) is 5.91 Å². The van der Waals surface area contributed by atoms with Crippen LogP contribution in [0.1, 0.15) is 43.0 Å². The van der Waals surface area contributed by atoms with Gasteiger partial charge in [-0.25, -0.2) is 8.78 Å². The highest BCUT2D eigenvalue weighted by molar-refractivity contribution is 5.95. The molecule has 5 heteroatoms. The number of hydrogen-bond donors (Lipinski definition) is 1. The summed E-state index contributed by atoms with van der Waals surface area (Å²) in [6.07, 6.45) is 3.97. The van der Waals surface area contributed by atoms with Crippen LogP contribution in [-0.4, -0.2) is 23.9 Å². The molecule has 1 unspecified atom stereocenters. The minimum atomic E-state index is -0.826. The fourth-order valence-electron chi connectivity index (χ4n) is 2.71. The zero-order chi connectivity index (χ0) is 14.7. The van der Waals surface area contributed by atoms with Crippen LogP contribution >= 0.6 is 0 Å². The summed E-state index contributed by atoms with van der Waals surface area (Å²) in [5.41, 5.74) is 4.79. The molecule has 20 heavy (non-hydrogen) atoms. The average molecular weight is 282 g/mol. The van der Waals surface area contributed by atoms with Crippen molar-refractivity contribution < 1.29 is 13.6 Å². The van der Waals surface area contributed by atoms with Crippen molar-refractivity contribution in [2.75, 3.05) is 18.8 Å². The third-order valence-electron chi connectivity index (χ3n) is 4.01. The summed E-state index contributed by atoms with van der Waals surface area (Å²) in [6.45, 7) is 3.31. The number of benzene rings is 1. The Balaban J connectivity index is 2.19.